The smallest absolute Gasteiger partial charge is 0.148 e. The highest BCUT2D eigenvalue weighted by molar-refractivity contribution is 5.64. The number of benzene rings is 2. The van der Waals surface area contributed by atoms with Crippen molar-refractivity contribution in [2.75, 3.05) is 33.4 Å². The molecule has 1 aromatic heterocycles. The zero-order valence-corrected chi connectivity index (χ0v) is 15.3. The number of methoxy groups -OCH3 is 1. The molecule has 0 saturated carbocycles. The molecule has 0 spiro atoms. The summed E-state index contributed by atoms with van der Waals surface area (Å²) in [6, 6.07) is 14.5. The van der Waals surface area contributed by atoms with Crippen LogP contribution in [0.3, 0.4) is 0 Å². The van der Waals surface area contributed by atoms with Gasteiger partial charge in [0.15, 0.2) is 0 Å². The highest BCUT2D eigenvalue weighted by Gasteiger charge is 2.18. The van der Waals surface area contributed by atoms with E-state index in [-0.39, 0.29) is 5.82 Å². The Morgan fingerprint density at radius 2 is 1.81 bits per heavy atom. The lowest BCUT2D eigenvalue weighted by atomic mass is 10.1. The lowest BCUT2D eigenvalue weighted by Gasteiger charge is -2.26. The largest absolute Gasteiger partial charge is 0.497 e. The monoisotopic (exact) mass is 367 g/mol. The van der Waals surface area contributed by atoms with Crippen molar-refractivity contribution in [1.82, 2.24) is 14.7 Å². The average Bonchev–Trinajstić information content (AvgIpc) is 3.12. The topological polar surface area (TPSA) is 39.5 Å². The zero-order chi connectivity index (χ0) is 18.6. The number of para-hydroxylation sites is 1. The Morgan fingerprint density at radius 1 is 1.07 bits per heavy atom. The summed E-state index contributed by atoms with van der Waals surface area (Å²) in [5.41, 5.74) is 3.34. The third-order valence-corrected chi connectivity index (χ3v) is 4.75. The molecule has 27 heavy (non-hydrogen) atoms. The van der Waals surface area contributed by atoms with E-state index < -0.39 is 0 Å². The molecule has 1 aliphatic heterocycles. The van der Waals surface area contributed by atoms with Gasteiger partial charge in [0.1, 0.15) is 17.3 Å². The predicted octanol–water partition coefficient (Wildman–Crippen LogP) is 3.52. The van der Waals surface area contributed by atoms with Crippen LogP contribution in [0.1, 0.15) is 5.56 Å². The second-order valence-electron chi connectivity index (χ2n) is 6.52. The maximum absolute atomic E-state index is 14.3. The Labute approximate surface area is 157 Å². The summed E-state index contributed by atoms with van der Waals surface area (Å²) in [5, 5.41) is 4.71. The van der Waals surface area contributed by atoms with E-state index in [0.29, 0.717) is 5.69 Å². The van der Waals surface area contributed by atoms with Gasteiger partial charge in [-0.3, -0.25) is 4.90 Å². The summed E-state index contributed by atoms with van der Waals surface area (Å²) < 4.78 is 26.6. The van der Waals surface area contributed by atoms with E-state index in [1.807, 2.05) is 36.5 Å². The Morgan fingerprint density at radius 3 is 2.52 bits per heavy atom. The van der Waals surface area contributed by atoms with Gasteiger partial charge in [-0.15, -0.1) is 0 Å². The number of hydrogen-bond donors (Lipinski definition) is 0. The van der Waals surface area contributed by atoms with Crippen molar-refractivity contribution >= 4 is 0 Å². The van der Waals surface area contributed by atoms with Gasteiger partial charge < -0.3 is 9.47 Å². The average molecular weight is 367 g/mol. The van der Waals surface area contributed by atoms with Gasteiger partial charge in [0, 0.05) is 37.0 Å². The summed E-state index contributed by atoms with van der Waals surface area (Å²) in [5.74, 6) is 0.501. The second kappa shape index (κ2) is 7.90. The molecule has 1 saturated heterocycles. The molecule has 0 bridgehead atoms. The maximum atomic E-state index is 14.3. The first-order chi connectivity index (χ1) is 13.2. The molecule has 1 fully saturated rings. The SMILES string of the molecule is COc1ccc(-c2nn(-c3ccccc3F)cc2CN2CCOCC2)cc1. The number of halogens is 1. The van der Waals surface area contributed by atoms with E-state index in [1.165, 1.54) is 6.07 Å². The lowest BCUT2D eigenvalue weighted by Crippen LogP contribution is -2.35. The first-order valence-electron chi connectivity index (χ1n) is 9.02. The van der Waals surface area contributed by atoms with E-state index in [2.05, 4.69) is 4.90 Å². The second-order valence-corrected chi connectivity index (χ2v) is 6.52. The van der Waals surface area contributed by atoms with Gasteiger partial charge in [-0.1, -0.05) is 12.1 Å². The molecule has 0 atom stereocenters. The molecular formula is C21H22FN3O2. The molecule has 0 unspecified atom stereocenters. The third kappa shape index (κ3) is 3.86. The van der Waals surface area contributed by atoms with Gasteiger partial charge in [-0.05, 0) is 36.4 Å². The van der Waals surface area contributed by atoms with Crippen LogP contribution < -0.4 is 4.74 Å². The highest BCUT2D eigenvalue weighted by atomic mass is 19.1. The Balaban J connectivity index is 1.73. The standard InChI is InChI=1S/C21H22FN3O2/c1-26-18-8-6-16(7-9-18)21-17(14-24-10-12-27-13-11-24)15-25(23-21)20-5-3-2-4-19(20)22/h2-9,15H,10-14H2,1H3. The van der Waals surface area contributed by atoms with E-state index >= 15 is 0 Å². The quantitative estimate of drug-likeness (QED) is 0.692. The fourth-order valence-corrected chi connectivity index (χ4v) is 3.28. The lowest BCUT2D eigenvalue weighted by molar-refractivity contribution is 0.0342. The molecule has 3 aromatic rings. The Kier molecular flexibility index (Phi) is 5.18. The minimum absolute atomic E-state index is 0.292. The van der Waals surface area contributed by atoms with Gasteiger partial charge in [-0.25, -0.2) is 9.07 Å². The summed E-state index contributed by atoms with van der Waals surface area (Å²) in [6.45, 7) is 3.98. The number of aromatic nitrogens is 2. The van der Waals surface area contributed by atoms with Gasteiger partial charge >= 0.3 is 0 Å². The molecule has 1 aliphatic rings. The maximum Gasteiger partial charge on any atom is 0.148 e. The summed E-state index contributed by atoms with van der Waals surface area (Å²) in [6.07, 6.45) is 1.92. The van der Waals surface area contributed by atoms with Gasteiger partial charge in [0.25, 0.3) is 0 Å². The number of nitrogens with zero attached hydrogens (tertiary/aromatic N) is 3. The highest BCUT2D eigenvalue weighted by Crippen LogP contribution is 2.27. The Hall–Kier alpha value is -2.70. The van der Waals surface area contributed by atoms with E-state index in [1.54, 1.807) is 23.9 Å². The molecule has 0 N–H and O–H groups in total. The minimum Gasteiger partial charge on any atom is -0.497 e. The molecule has 0 aliphatic carbocycles. The van der Waals surface area contributed by atoms with Crippen molar-refractivity contribution in [1.29, 1.82) is 0 Å². The van der Waals surface area contributed by atoms with E-state index in [0.717, 1.165) is 55.4 Å². The molecule has 5 nitrogen and oxygen atoms in total. The molecule has 0 amide bonds. The molecule has 2 aromatic carbocycles. The first-order valence-corrected chi connectivity index (χ1v) is 9.02. The summed E-state index contributed by atoms with van der Waals surface area (Å²) >= 11 is 0. The molecule has 140 valence electrons. The predicted molar refractivity (Wildman–Crippen MR) is 102 cm³/mol. The van der Waals surface area contributed by atoms with Crippen LogP contribution in [0.5, 0.6) is 5.75 Å². The van der Waals surface area contributed by atoms with Crippen molar-refractivity contribution in [2.24, 2.45) is 0 Å². The Bertz CT molecular complexity index is 902. The van der Waals surface area contributed by atoms with Crippen LogP contribution >= 0.6 is 0 Å². The fourth-order valence-electron chi connectivity index (χ4n) is 3.28. The normalized spacial score (nSPS) is 15.0. The molecule has 2 heterocycles. The molecule has 0 radical (unpaired) electrons. The third-order valence-electron chi connectivity index (χ3n) is 4.75. The van der Waals surface area contributed by atoms with Gasteiger partial charge in [-0.2, -0.15) is 5.10 Å². The van der Waals surface area contributed by atoms with E-state index in [4.69, 9.17) is 14.6 Å². The molecular weight excluding hydrogens is 345 g/mol. The molecule has 4 rings (SSSR count). The van der Waals surface area contributed by atoms with Crippen molar-refractivity contribution in [3.8, 4) is 22.7 Å². The number of rotatable bonds is 5. The van der Waals surface area contributed by atoms with E-state index in [9.17, 15) is 4.39 Å². The van der Waals surface area contributed by atoms with Crippen LogP contribution in [0.25, 0.3) is 16.9 Å². The van der Waals surface area contributed by atoms with Crippen molar-refractivity contribution in [3.05, 3.63) is 66.1 Å². The van der Waals surface area contributed by atoms with Crippen LogP contribution in [0.4, 0.5) is 4.39 Å². The van der Waals surface area contributed by atoms with Crippen LogP contribution in [0.15, 0.2) is 54.7 Å². The van der Waals surface area contributed by atoms with Crippen molar-refractivity contribution in [2.45, 2.75) is 6.54 Å². The van der Waals surface area contributed by atoms with Crippen molar-refractivity contribution < 1.29 is 13.9 Å². The van der Waals surface area contributed by atoms with Gasteiger partial charge in [0.05, 0.1) is 26.0 Å². The van der Waals surface area contributed by atoms with Crippen LogP contribution in [0, 0.1) is 5.82 Å². The zero-order valence-electron chi connectivity index (χ0n) is 15.3. The summed E-state index contributed by atoms with van der Waals surface area (Å²) in [7, 11) is 1.64. The first kappa shape index (κ1) is 17.7. The summed E-state index contributed by atoms with van der Waals surface area (Å²) in [4.78, 5) is 2.33. The van der Waals surface area contributed by atoms with Crippen LogP contribution in [-0.2, 0) is 11.3 Å². The van der Waals surface area contributed by atoms with Crippen LogP contribution in [-0.4, -0.2) is 48.1 Å². The van der Waals surface area contributed by atoms with Crippen molar-refractivity contribution in [3.63, 3.8) is 0 Å². The number of hydrogen-bond acceptors (Lipinski definition) is 4. The number of morpholine rings is 1. The minimum atomic E-state index is -0.292. The van der Waals surface area contributed by atoms with Crippen LogP contribution in [0.2, 0.25) is 0 Å². The van der Waals surface area contributed by atoms with Gasteiger partial charge in [0.2, 0.25) is 0 Å². The number of ether oxygens (including phenoxy) is 2. The molecule has 6 heteroatoms. The fraction of sp³-hybridized carbons (Fsp3) is 0.286.